The van der Waals surface area contributed by atoms with Gasteiger partial charge in [0.05, 0.1) is 11.2 Å². The summed E-state index contributed by atoms with van der Waals surface area (Å²) in [6.07, 6.45) is 2.15. The molecule has 0 aliphatic carbocycles. The summed E-state index contributed by atoms with van der Waals surface area (Å²) in [5, 5.41) is 1.25. The number of hydrogen-bond donors (Lipinski definition) is 0. The van der Waals surface area contributed by atoms with Crippen LogP contribution in [0.4, 0.5) is 0 Å². The molecule has 0 aliphatic heterocycles. The molecule has 17 heavy (non-hydrogen) atoms. The van der Waals surface area contributed by atoms with Crippen LogP contribution in [-0.2, 0) is 5.41 Å². The molecule has 0 saturated heterocycles. The zero-order valence-electron chi connectivity index (χ0n) is 10.4. The van der Waals surface area contributed by atoms with Crippen LogP contribution in [0.3, 0.4) is 0 Å². The molecular formula is C15H16N2. The van der Waals surface area contributed by atoms with Crippen LogP contribution >= 0.6 is 0 Å². The van der Waals surface area contributed by atoms with Crippen LogP contribution in [0.5, 0.6) is 0 Å². The number of rotatable bonds is 0. The van der Waals surface area contributed by atoms with Gasteiger partial charge in [-0.15, -0.1) is 0 Å². The molecule has 0 radical (unpaired) electrons. The molecule has 3 rings (SSSR count). The summed E-state index contributed by atoms with van der Waals surface area (Å²) in [7, 11) is 0. The van der Waals surface area contributed by atoms with E-state index in [2.05, 4.69) is 67.8 Å². The lowest BCUT2D eigenvalue weighted by atomic mass is 9.93. The van der Waals surface area contributed by atoms with E-state index in [0.29, 0.717) is 0 Å². The van der Waals surface area contributed by atoms with Crippen molar-refractivity contribution < 1.29 is 0 Å². The fourth-order valence-corrected chi connectivity index (χ4v) is 2.08. The van der Waals surface area contributed by atoms with Gasteiger partial charge in [0.1, 0.15) is 5.65 Å². The molecule has 0 spiro atoms. The Morgan fingerprint density at radius 3 is 2.53 bits per heavy atom. The van der Waals surface area contributed by atoms with E-state index >= 15 is 0 Å². The quantitative estimate of drug-likeness (QED) is 0.568. The zero-order valence-corrected chi connectivity index (χ0v) is 10.4. The van der Waals surface area contributed by atoms with Crippen molar-refractivity contribution in [2.75, 3.05) is 0 Å². The van der Waals surface area contributed by atoms with E-state index in [1.165, 1.54) is 10.9 Å². The Balaban J connectivity index is 2.39. The number of hydrogen-bond acceptors (Lipinski definition) is 1. The van der Waals surface area contributed by atoms with Crippen molar-refractivity contribution in [3.8, 4) is 0 Å². The van der Waals surface area contributed by atoms with E-state index in [0.717, 1.165) is 11.3 Å². The maximum absolute atomic E-state index is 4.70. The van der Waals surface area contributed by atoms with E-state index in [4.69, 9.17) is 4.98 Å². The highest BCUT2D eigenvalue weighted by atomic mass is 15.0. The van der Waals surface area contributed by atoms with Crippen molar-refractivity contribution in [1.82, 2.24) is 9.38 Å². The minimum Gasteiger partial charge on any atom is -0.299 e. The fourth-order valence-electron chi connectivity index (χ4n) is 2.08. The predicted molar refractivity (Wildman–Crippen MR) is 71.4 cm³/mol. The van der Waals surface area contributed by atoms with Crippen LogP contribution in [0.25, 0.3) is 16.6 Å². The molecule has 0 fully saturated rings. The Morgan fingerprint density at radius 1 is 1.00 bits per heavy atom. The van der Waals surface area contributed by atoms with Gasteiger partial charge in [-0.1, -0.05) is 39.0 Å². The third-order valence-corrected chi connectivity index (χ3v) is 3.11. The summed E-state index contributed by atoms with van der Waals surface area (Å²) < 4.78 is 2.18. The van der Waals surface area contributed by atoms with Crippen molar-refractivity contribution in [2.45, 2.75) is 26.2 Å². The van der Waals surface area contributed by atoms with Crippen LogP contribution in [0.1, 0.15) is 26.5 Å². The van der Waals surface area contributed by atoms with Crippen LogP contribution in [-0.4, -0.2) is 9.38 Å². The maximum Gasteiger partial charge on any atom is 0.137 e. The van der Waals surface area contributed by atoms with Crippen molar-refractivity contribution in [3.63, 3.8) is 0 Å². The molecule has 86 valence electrons. The molecule has 2 heteroatoms. The normalized spacial score (nSPS) is 12.4. The molecule has 0 saturated carbocycles. The third kappa shape index (κ3) is 1.60. The second kappa shape index (κ2) is 3.33. The van der Waals surface area contributed by atoms with E-state index in [-0.39, 0.29) is 5.41 Å². The minimum atomic E-state index is 0.0904. The van der Waals surface area contributed by atoms with Crippen molar-refractivity contribution in [3.05, 3.63) is 48.3 Å². The Hall–Kier alpha value is -1.83. The average Bonchev–Trinajstić information content (AvgIpc) is 2.72. The highest BCUT2D eigenvalue weighted by Crippen LogP contribution is 2.24. The lowest BCUT2D eigenvalue weighted by Gasteiger charge is -2.13. The van der Waals surface area contributed by atoms with Crippen molar-refractivity contribution in [2.24, 2.45) is 0 Å². The molecule has 0 amide bonds. The highest BCUT2D eigenvalue weighted by molar-refractivity contribution is 5.81. The first-order chi connectivity index (χ1) is 8.05. The SMILES string of the molecule is CC(C)(C)c1cn2c(ccc3ccccc32)n1. The van der Waals surface area contributed by atoms with E-state index in [1.54, 1.807) is 0 Å². The molecule has 2 heterocycles. The minimum absolute atomic E-state index is 0.0904. The molecule has 0 atom stereocenters. The van der Waals surface area contributed by atoms with Crippen molar-refractivity contribution in [1.29, 1.82) is 0 Å². The average molecular weight is 224 g/mol. The van der Waals surface area contributed by atoms with Gasteiger partial charge in [-0.3, -0.25) is 4.40 Å². The molecule has 1 aromatic carbocycles. The van der Waals surface area contributed by atoms with Gasteiger partial charge in [0.15, 0.2) is 0 Å². The Labute approximate surface area is 101 Å². The van der Waals surface area contributed by atoms with Gasteiger partial charge in [-0.05, 0) is 23.6 Å². The summed E-state index contributed by atoms with van der Waals surface area (Å²) >= 11 is 0. The van der Waals surface area contributed by atoms with Gasteiger partial charge in [0, 0.05) is 11.6 Å². The van der Waals surface area contributed by atoms with Crippen LogP contribution in [0, 0.1) is 0 Å². The van der Waals surface area contributed by atoms with Gasteiger partial charge in [0.2, 0.25) is 0 Å². The first kappa shape index (κ1) is 10.3. The lowest BCUT2D eigenvalue weighted by Crippen LogP contribution is -2.11. The summed E-state index contributed by atoms with van der Waals surface area (Å²) in [6.45, 7) is 6.57. The molecular weight excluding hydrogens is 208 g/mol. The second-order valence-corrected chi connectivity index (χ2v) is 5.50. The van der Waals surface area contributed by atoms with E-state index in [1.807, 2.05) is 0 Å². The maximum atomic E-state index is 4.70. The Morgan fingerprint density at radius 2 is 1.76 bits per heavy atom. The smallest absolute Gasteiger partial charge is 0.137 e. The highest BCUT2D eigenvalue weighted by Gasteiger charge is 2.17. The Bertz CT molecular complexity index is 687. The number of aromatic nitrogens is 2. The van der Waals surface area contributed by atoms with Crippen LogP contribution in [0.15, 0.2) is 42.6 Å². The zero-order chi connectivity index (χ0) is 12.0. The van der Waals surface area contributed by atoms with Gasteiger partial charge < -0.3 is 0 Å². The number of nitrogens with zero attached hydrogens (tertiary/aromatic N) is 2. The number of imidazole rings is 1. The summed E-state index contributed by atoms with van der Waals surface area (Å²) in [4.78, 5) is 4.70. The van der Waals surface area contributed by atoms with E-state index in [9.17, 15) is 0 Å². The summed E-state index contributed by atoms with van der Waals surface area (Å²) in [6, 6.07) is 12.6. The molecule has 0 N–H and O–H groups in total. The predicted octanol–water partition coefficient (Wildman–Crippen LogP) is 3.79. The summed E-state index contributed by atoms with van der Waals surface area (Å²) in [5.41, 5.74) is 3.46. The van der Waals surface area contributed by atoms with Gasteiger partial charge >= 0.3 is 0 Å². The second-order valence-electron chi connectivity index (χ2n) is 5.50. The molecule has 3 aromatic rings. The third-order valence-electron chi connectivity index (χ3n) is 3.11. The first-order valence-corrected chi connectivity index (χ1v) is 5.93. The summed E-state index contributed by atoms with van der Waals surface area (Å²) in [5.74, 6) is 0. The van der Waals surface area contributed by atoms with Gasteiger partial charge in [0.25, 0.3) is 0 Å². The van der Waals surface area contributed by atoms with Crippen molar-refractivity contribution >= 4 is 16.6 Å². The molecule has 0 aliphatic rings. The van der Waals surface area contributed by atoms with Crippen LogP contribution in [0.2, 0.25) is 0 Å². The van der Waals surface area contributed by atoms with Gasteiger partial charge in [-0.2, -0.15) is 0 Å². The Kier molecular flexibility index (Phi) is 2.02. The fraction of sp³-hybridized carbons (Fsp3) is 0.267. The topological polar surface area (TPSA) is 17.3 Å². The number of pyridine rings is 1. The molecule has 2 aromatic heterocycles. The molecule has 2 nitrogen and oxygen atoms in total. The molecule has 0 unspecified atom stereocenters. The number of benzene rings is 1. The lowest BCUT2D eigenvalue weighted by molar-refractivity contribution is 0.573. The monoisotopic (exact) mass is 224 g/mol. The molecule has 0 bridgehead atoms. The van der Waals surface area contributed by atoms with E-state index < -0.39 is 0 Å². The number of fused-ring (bicyclic) bond motifs is 3. The number of para-hydroxylation sites is 1. The van der Waals surface area contributed by atoms with Crippen LogP contribution < -0.4 is 0 Å². The standard InChI is InChI=1S/C15H16N2/c1-15(2,3)13-10-17-12-7-5-4-6-11(12)8-9-14(17)16-13/h4-10H,1-3H3. The van der Waals surface area contributed by atoms with Gasteiger partial charge in [-0.25, -0.2) is 4.98 Å². The first-order valence-electron chi connectivity index (χ1n) is 5.93. The largest absolute Gasteiger partial charge is 0.299 e.